The molecule has 0 aliphatic carbocycles. The molecule has 0 aromatic heterocycles. The van der Waals surface area contributed by atoms with Crippen molar-refractivity contribution in [3.63, 3.8) is 0 Å². The van der Waals surface area contributed by atoms with Crippen LogP contribution in [-0.4, -0.2) is 5.78 Å². The van der Waals surface area contributed by atoms with E-state index in [0.717, 1.165) is 16.7 Å². The smallest absolute Gasteiger partial charge is 0.164 e. The third-order valence-electron chi connectivity index (χ3n) is 3.15. The van der Waals surface area contributed by atoms with Gasteiger partial charge in [0.15, 0.2) is 5.78 Å². The molecule has 2 rings (SSSR count). The molecular formula is C20H18O. The average molecular weight is 274 g/mol. The summed E-state index contributed by atoms with van der Waals surface area (Å²) in [5, 5.41) is 0. The Morgan fingerprint density at radius 1 is 1.05 bits per heavy atom. The molecule has 0 saturated heterocycles. The molecular weight excluding hydrogens is 256 g/mol. The summed E-state index contributed by atoms with van der Waals surface area (Å²) in [4.78, 5) is 12.4. The van der Waals surface area contributed by atoms with Gasteiger partial charge in [-0.2, -0.15) is 0 Å². The summed E-state index contributed by atoms with van der Waals surface area (Å²) in [5.74, 6) is 6.18. The summed E-state index contributed by atoms with van der Waals surface area (Å²) in [6.07, 6.45) is 0.383. The van der Waals surface area contributed by atoms with Gasteiger partial charge in [-0.25, -0.2) is 0 Å². The van der Waals surface area contributed by atoms with Crippen molar-refractivity contribution in [3.05, 3.63) is 83.9 Å². The van der Waals surface area contributed by atoms with Crippen LogP contribution < -0.4 is 0 Å². The fourth-order valence-electron chi connectivity index (χ4n) is 2.08. The molecule has 1 atom stereocenters. The first-order chi connectivity index (χ1) is 10.2. The molecule has 0 spiro atoms. The third-order valence-corrected chi connectivity index (χ3v) is 3.15. The van der Waals surface area contributed by atoms with Crippen molar-refractivity contribution in [2.45, 2.75) is 19.3 Å². The minimum atomic E-state index is -0.101. The van der Waals surface area contributed by atoms with Gasteiger partial charge in [0, 0.05) is 12.0 Å². The zero-order valence-corrected chi connectivity index (χ0v) is 12.2. The minimum absolute atomic E-state index is 0.101. The Morgan fingerprint density at radius 2 is 1.62 bits per heavy atom. The van der Waals surface area contributed by atoms with Crippen LogP contribution in [0.1, 0.15) is 35.2 Å². The first-order valence-electron chi connectivity index (χ1n) is 6.97. The van der Waals surface area contributed by atoms with Crippen LogP contribution >= 0.6 is 0 Å². The first kappa shape index (κ1) is 14.8. The largest absolute Gasteiger partial charge is 0.294 e. The maximum absolute atomic E-state index is 12.4. The molecule has 2 aromatic rings. The summed E-state index contributed by atoms with van der Waals surface area (Å²) in [6, 6.07) is 19.3. The lowest BCUT2D eigenvalue weighted by molar-refractivity contribution is 0.0979. The number of allylic oxidation sites excluding steroid dienone is 1. The maximum Gasteiger partial charge on any atom is 0.164 e. The topological polar surface area (TPSA) is 17.1 Å². The predicted octanol–water partition coefficient (Wildman–Crippen LogP) is 4.62. The predicted molar refractivity (Wildman–Crippen MR) is 87.2 cm³/mol. The van der Waals surface area contributed by atoms with Gasteiger partial charge in [-0.15, -0.1) is 0 Å². The highest BCUT2D eigenvalue weighted by Crippen LogP contribution is 2.21. The molecule has 0 aliphatic rings. The summed E-state index contributed by atoms with van der Waals surface area (Å²) in [7, 11) is 0. The van der Waals surface area contributed by atoms with Crippen LogP contribution in [0.5, 0.6) is 0 Å². The van der Waals surface area contributed by atoms with Crippen LogP contribution in [0.25, 0.3) is 0 Å². The molecule has 0 fully saturated rings. The summed E-state index contributed by atoms with van der Waals surface area (Å²) >= 11 is 0. The van der Waals surface area contributed by atoms with Crippen LogP contribution in [-0.2, 0) is 0 Å². The van der Waals surface area contributed by atoms with E-state index in [1.807, 2.05) is 67.6 Å². The minimum Gasteiger partial charge on any atom is -0.294 e. The van der Waals surface area contributed by atoms with Crippen molar-refractivity contribution in [3.8, 4) is 11.8 Å². The quantitative estimate of drug-likeness (QED) is 0.587. The Labute approximate surface area is 126 Å². The molecule has 21 heavy (non-hydrogen) atoms. The van der Waals surface area contributed by atoms with Crippen molar-refractivity contribution in [2.75, 3.05) is 0 Å². The van der Waals surface area contributed by atoms with E-state index in [-0.39, 0.29) is 11.7 Å². The first-order valence-corrected chi connectivity index (χ1v) is 6.97. The average Bonchev–Trinajstić information content (AvgIpc) is 2.52. The summed E-state index contributed by atoms with van der Waals surface area (Å²) < 4.78 is 0. The molecule has 104 valence electrons. The number of hydrogen-bond donors (Lipinski definition) is 0. The second-order valence-corrected chi connectivity index (χ2v) is 5.01. The Bertz CT molecular complexity index is 672. The SMILES string of the molecule is C=C(C)C#CC(CC(=O)c1ccccc1)c1ccccc1. The van der Waals surface area contributed by atoms with Crippen molar-refractivity contribution in [1.82, 2.24) is 0 Å². The number of benzene rings is 2. The number of rotatable bonds is 4. The molecule has 1 nitrogen and oxygen atoms in total. The Balaban J connectivity index is 2.23. The third kappa shape index (κ3) is 4.47. The lowest BCUT2D eigenvalue weighted by Gasteiger charge is -2.10. The van der Waals surface area contributed by atoms with Gasteiger partial charge in [0.1, 0.15) is 0 Å². The summed E-state index contributed by atoms with van der Waals surface area (Å²) in [5.41, 5.74) is 2.61. The Kier molecular flexibility index (Phi) is 5.12. The highest BCUT2D eigenvalue weighted by atomic mass is 16.1. The molecule has 0 bridgehead atoms. The molecule has 0 heterocycles. The van der Waals surface area contributed by atoms with E-state index in [1.54, 1.807) is 0 Å². The van der Waals surface area contributed by atoms with Gasteiger partial charge < -0.3 is 0 Å². The van der Waals surface area contributed by atoms with E-state index in [9.17, 15) is 4.79 Å². The molecule has 0 aliphatic heterocycles. The van der Waals surface area contributed by atoms with Crippen LogP contribution in [0.2, 0.25) is 0 Å². The van der Waals surface area contributed by atoms with Gasteiger partial charge in [-0.1, -0.05) is 79.1 Å². The molecule has 0 amide bonds. The van der Waals surface area contributed by atoms with E-state index in [0.29, 0.717) is 6.42 Å². The van der Waals surface area contributed by atoms with Crippen LogP contribution in [0.3, 0.4) is 0 Å². The maximum atomic E-state index is 12.4. The summed E-state index contributed by atoms with van der Waals surface area (Å²) in [6.45, 7) is 5.67. The van der Waals surface area contributed by atoms with Crippen molar-refractivity contribution in [1.29, 1.82) is 0 Å². The zero-order valence-electron chi connectivity index (χ0n) is 12.2. The van der Waals surface area contributed by atoms with Crippen molar-refractivity contribution < 1.29 is 4.79 Å². The van der Waals surface area contributed by atoms with Gasteiger partial charge in [-0.3, -0.25) is 4.79 Å². The number of carbonyl (C=O) groups excluding carboxylic acids is 1. The number of ketones is 1. The lowest BCUT2D eigenvalue weighted by Crippen LogP contribution is -2.06. The second kappa shape index (κ2) is 7.26. The van der Waals surface area contributed by atoms with Gasteiger partial charge >= 0.3 is 0 Å². The van der Waals surface area contributed by atoms with Crippen molar-refractivity contribution >= 4 is 5.78 Å². The Hall–Kier alpha value is -2.59. The lowest BCUT2D eigenvalue weighted by atomic mass is 9.92. The standard InChI is InChI=1S/C20H18O/c1-16(2)13-14-19(17-9-5-3-6-10-17)15-20(21)18-11-7-4-8-12-18/h3-12,19H,1,15H2,2H3. The second-order valence-electron chi connectivity index (χ2n) is 5.01. The molecule has 0 radical (unpaired) electrons. The van der Waals surface area contributed by atoms with E-state index < -0.39 is 0 Å². The normalized spacial score (nSPS) is 11.1. The van der Waals surface area contributed by atoms with Gasteiger partial charge in [0.25, 0.3) is 0 Å². The molecule has 0 saturated carbocycles. The highest BCUT2D eigenvalue weighted by molar-refractivity contribution is 5.96. The van der Waals surface area contributed by atoms with Crippen LogP contribution in [0.15, 0.2) is 72.8 Å². The molecule has 1 heteroatoms. The van der Waals surface area contributed by atoms with E-state index in [4.69, 9.17) is 0 Å². The number of Topliss-reactive ketones (excluding diaryl/α,β-unsaturated/α-hetero) is 1. The van der Waals surface area contributed by atoms with Gasteiger partial charge in [-0.05, 0) is 18.1 Å². The van der Waals surface area contributed by atoms with Gasteiger partial charge in [0.05, 0.1) is 5.92 Å². The highest BCUT2D eigenvalue weighted by Gasteiger charge is 2.15. The fourth-order valence-corrected chi connectivity index (χ4v) is 2.08. The zero-order chi connectivity index (χ0) is 15.1. The molecule has 0 N–H and O–H groups in total. The monoisotopic (exact) mass is 274 g/mol. The molecule has 2 aromatic carbocycles. The number of carbonyl (C=O) groups is 1. The molecule has 1 unspecified atom stereocenters. The fraction of sp³-hybridized carbons (Fsp3) is 0.150. The van der Waals surface area contributed by atoms with E-state index >= 15 is 0 Å². The van der Waals surface area contributed by atoms with Crippen LogP contribution in [0.4, 0.5) is 0 Å². The Morgan fingerprint density at radius 3 is 2.19 bits per heavy atom. The van der Waals surface area contributed by atoms with Crippen molar-refractivity contribution in [2.24, 2.45) is 0 Å². The number of hydrogen-bond acceptors (Lipinski definition) is 1. The van der Waals surface area contributed by atoms with Gasteiger partial charge in [0.2, 0.25) is 0 Å². The van der Waals surface area contributed by atoms with E-state index in [2.05, 4.69) is 18.4 Å². The van der Waals surface area contributed by atoms with Crippen LogP contribution in [0, 0.1) is 11.8 Å². The van der Waals surface area contributed by atoms with E-state index in [1.165, 1.54) is 0 Å².